The van der Waals surface area contributed by atoms with Crippen LogP contribution in [0.2, 0.25) is 0 Å². The Kier molecular flexibility index (Phi) is 5.69. The first-order valence-electron chi connectivity index (χ1n) is 12.3. The van der Waals surface area contributed by atoms with Crippen LogP contribution in [0.3, 0.4) is 0 Å². The van der Waals surface area contributed by atoms with Gasteiger partial charge in [0.05, 0.1) is 11.1 Å². The molecule has 1 N–H and O–H groups in total. The quantitative estimate of drug-likeness (QED) is 0.657. The van der Waals surface area contributed by atoms with Gasteiger partial charge in [0.25, 0.3) is 0 Å². The van der Waals surface area contributed by atoms with Gasteiger partial charge in [-0.1, -0.05) is 0 Å². The van der Waals surface area contributed by atoms with Crippen molar-refractivity contribution in [2.75, 3.05) is 31.1 Å². The maximum Gasteiger partial charge on any atom is 0.417 e. The fourth-order valence-electron chi connectivity index (χ4n) is 7.17. The van der Waals surface area contributed by atoms with Crippen LogP contribution in [0.5, 0.6) is 0 Å². The molecule has 9 heteroatoms. The number of carbonyl (C=O) groups is 2. The van der Waals surface area contributed by atoms with E-state index in [9.17, 15) is 22.8 Å². The fourth-order valence-corrected chi connectivity index (χ4v) is 7.17. The monoisotopic (exact) mass is 478 g/mol. The van der Waals surface area contributed by atoms with Crippen molar-refractivity contribution in [3.63, 3.8) is 0 Å². The molecule has 4 bridgehead atoms. The Balaban J connectivity index is 1.19. The summed E-state index contributed by atoms with van der Waals surface area (Å²) >= 11 is 0. The third kappa shape index (κ3) is 4.10. The molecular formula is C25H33F3N4O2. The lowest BCUT2D eigenvalue weighted by molar-refractivity contribution is -0.142. The Morgan fingerprint density at radius 3 is 2.26 bits per heavy atom. The largest absolute Gasteiger partial charge is 0.417 e. The SMILES string of the molecule is CC(C)(C(=O)NC1C2CC3CC1CC(C=O)(C3)C2)N1CCN(c2ccc(C(F)(F)F)cn2)CC1. The van der Waals surface area contributed by atoms with Crippen molar-refractivity contribution in [2.24, 2.45) is 23.2 Å². The molecule has 2 atom stereocenters. The molecule has 1 aromatic rings. The Bertz CT molecular complexity index is 924. The van der Waals surface area contributed by atoms with E-state index in [4.69, 9.17) is 0 Å². The number of hydrogen-bond donors (Lipinski definition) is 1. The van der Waals surface area contributed by atoms with Gasteiger partial charge in [0.1, 0.15) is 12.1 Å². The van der Waals surface area contributed by atoms with Gasteiger partial charge in [-0.25, -0.2) is 4.98 Å². The van der Waals surface area contributed by atoms with Crippen LogP contribution in [0.1, 0.15) is 51.5 Å². The van der Waals surface area contributed by atoms with Crippen molar-refractivity contribution in [2.45, 2.75) is 63.7 Å². The lowest BCUT2D eigenvalue weighted by atomic mass is 9.48. The fraction of sp³-hybridized carbons (Fsp3) is 0.720. The molecule has 6 nitrogen and oxygen atoms in total. The number of hydrogen-bond acceptors (Lipinski definition) is 5. The molecule has 4 saturated carbocycles. The predicted octanol–water partition coefficient (Wildman–Crippen LogP) is 3.51. The molecule has 1 saturated heterocycles. The van der Waals surface area contributed by atoms with Crippen LogP contribution in [0.15, 0.2) is 18.3 Å². The van der Waals surface area contributed by atoms with E-state index < -0.39 is 17.3 Å². The van der Waals surface area contributed by atoms with Gasteiger partial charge < -0.3 is 15.0 Å². The molecule has 0 spiro atoms. The van der Waals surface area contributed by atoms with Gasteiger partial charge in [-0.15, -0.1) is 0 Å². The summed E-state index contributed by atoms with van der Waals surface area (Å²) in [5, 5.41) is 3.38. The zero-order chi connectivity index (χ0) is 24.3. The highest BCUT2D eigenvalue weighted by Gasteiger charge is 2.56. The number of carbonyl (C=O) groups excluding carboxylic acids is 2. The highest BCUT2D eigenvalue weighted by molar-refractivity contribution is 5.86. The van der Waals surface area contributed by atoms with Crippen LogP contribution < -0.4 is 10.2 Å². The van der Waals surface area contributed by atoms with Gasteiger partial charge in [0.15, 0.2) is 0 Å². The second-order valence-corrected chi connectivity index (χ2v) is 11.4. The molecule has 34 heavy (non-hydrogen) atoms. The van der Waals surface area contributed by atoms with Gasteiger partial charge in [-0.05, 0) is 75.8 Å². The minimum atomic E-state index is -4.40. The first-order valence-corrected chi connectivity index (χ1v) is 12.3. The van der Waals surface area contributed by atoms with Crippen molar-refractivity contribution in [3.8, 4) is 0 Å². The standard InChI is InChI=1S/C25H33F3N4O2/c1-23(2,22(34)30-21-17-9-16-10-18(21)13-24(11-16,12-17)15-33)32-7-5-31(6-8-32)20-4-3-19(14-29-20)25(26,27)28/h3-4,14-18,21H,5-13H2,1-2H3,(H,30,34). The second kappa shape index (κ2) is 8.21. The number of anilines is 1. The molecule has 6 rings (SSSR count). The third-order valence-corrected chi connectivity index (χ3v) is 8.89. The van der Waals surface area contributed by atoms with Crippen LogP contribution in [-0.2, 0) is 15.8 Å². The minimum absolute atomic E-state index is 0.0197. The molecule has 0 aromatic carbocycles. The lowest BCUT2D eigenvalue weighted by Gasteiger charge is -2.58. The van der Waals surface area contributed by atoms with Gasteiger partial charge in [-0.3, -0.25) is 9.69 Å². The molecule has 4 aliphatic carbocycles. The smallest absolute Gasteiger partial charge is 0.354 e. The number of nitrogens with one attached hydrogen (secondary N) is 1. The van der Waals surface area contributed by atoms with Gasteiger partial charge in [0, 0.05) is 43.8 Å². The first-order chi connectivity index (χ1) is 16.0. The molecular weight excluding hydrogens is 445 g/mol. The van der Waals surface area contributed by atoms with Crippen molar-refractivity contribution >= 4 is 18.0 Å². The molecule has 5 fully saturated rings. The van der Waals surface area contributed by atoms with E-state index in [1.807, 2.05) is 18.7 Å². The summed E-state index contributed by atoms with van der Waals surface area (Å²) in [6.45, 7) is 6.31. The number of rotatable bonds is 5. The third-order valence-electron chi connectivity index (χ3n) is 8.89. The van der Waals surface area contributed by atoms with Crippen LogP contribution in [-0.4, -0.2) is 59.8 Å². The van der Waals surface area contributed by atoms with Crippen molar-refractivity contribution in [1.29, 1.82) is 0 Å². The maximum absolute atomic E-state index is 13.4. The second-order valence-electron chi connectivity index (χ2n) is 11.4. The maximum atomic E-state index is 13.4. The van der Waals surface area contributed by atoms with E-state index in [1.165, 1.54) is 12.4 Å². The molecule has 0 radical (unpaired) electrons. The van der Waals surface area contributed by atoms with Gasteiger partial charge in [-0.2, -0.15) is 13.2 Å². The zero-order valence-corrected chi connectivity index (χ0v) is 19.8. The van der Waals surface area contributed by atoms with E-state index in [2.05, 4.69) is 15.2 Å². The van der Waals surface area contributed by atoms with E-state index in [0.29, 0.717) is 49.8 Å². The van der Waals surface area contributed by atoms with E-state index in [1.54, 1.807) is 0 Å². The molecule has 2 unspecified atom stereocenters. The number of alkyl halides is 3. The Morgan fingerprint density at radius 1 is 1.09 bits per heavy atom. The van der Waals surface area contributed by atoms with E-state index >= 15 is 0 Å². The summed E-state index contributed by atoms with van der Waals surface area (Å²) in [5.41, 5.74) is -1.61. The number of aldehydes is 1. The Morgan fingerprint density at radius 2 is 1.74 bits per heavy atom. The lowest BCUT2D eigenvalue weighted by Crippen LogP contribution is -2.65. The molecule has 1 amide bonds. The molecule has 1 aliphatic heterocycles. The average molecular weight is 479 g/mol. The molecule has 2 heterocycles. The van der Waals surface area contributed by atoms with Crippen molar-refractivity contribution < 1.29 is 22.8 Å². The number of aromatic nitrogens is 1. The van der Waals surface area contributed by atoms with Crippen LogP contribution in [0.4, 0.5) is 19.0 Å². The van der Waals surface area contributed by atoms with Gasteiger partial charge in [0.2, 0.25) is 5.91 Å². The Hall–Kier alpha value is -2.16. The average Bonchev–Trinajstić information content (AvgIpc) is 2.80. The summed E-state index contributed by atoms with van der Waals surface area (Å²) in [6, 6.07) is 2.62. The minimum Gasteiger partial charge on any atom is -0.354 e. The topological polar surface area (TPSA) is 65.5 Å². The number of amides is 1. The van der Waals surface area contributed by atoms with Crippen LogP contribution in [0.25, 0.3) is 0 Å². The van der Waals surface area contributed by atoms with Crippen LogP contribution >= 0.6 is 0 Å². The summed E-state index contributed by atoms with van der Waals surface area (Å²) in [6.07, 6.45) is 2.69. The first kappa shape index (κ1) is 23.6. The predicted molar refractivity (Wildman–Crippen MR) is 121 cm³/mol. The zero-order valence-electron chi connectivity index (χ0n) is 19.8. The molecule has 1 aromatic heterocycles. The molecule has 186 valence electrons. The van der Waals surface area contributed by atoms with Gasteiger partial charge >= 0.3 is 6.18 Å². The Labute approximate surface area is 198 Å². The van der Waals surface area contributed by atoms with Crippen LogP contribution in [0, 0.1) is 23.2 Å². The highest BCUT2D eigenvalue weighted by atomic mass is 19.4. The highest BCUT2D eigenvalue weighted by Crippen LogP contribution is 2.59. The summed E-state index contributed by atoms with van der Waals surface area (Å²) in [4.78, 5) is 33.3. The van der Waals surface area contributed by atoms with Crippen molar-refractivity contribution in [3.05, 3.63) is 23.9 Å². The van der Waals surface area contributed by atoms with Crippen molar-refractivity contribution in [1.82, 2.24) is 15.2 Å². The molecule has 5 aliphatic rings. The normalized spacial score (nSPS) is 33.7. The number of halogens is 3. The summed E-state index contributed by atoms with van der Waals surface area (Å²) < 4.78 is 38.4. The number of nitrogens with zero attached hydrogens (tertiary/aromatic N) is 3. The summed E-state index contributed by atoms with van der Waals surface area (Å²) in [5.74, 6) is 1.94. The van der Waals surface area contributed by atoms with E-state index in [-0.39, 0.29) is 17.4 Å². The number of piperazine rings is 1. The van der Waals surface area contributed by atoms with E-state index in [0.717, 1.165) is 44.4 Å². The number of pyridine rings is 1. The summed E-state index contributed by atoms with van der Waals surface area (Å²) in [7, 11) is 0.